The van der Waals surface area contributed by atoms with Gasteiger partial charge in [0.15, 0.2) is 6.10 Å². The van der Waals surface area contributed by atoms with Crippen LogP contribution in [0, 0.1) is 0 Å². The molecule has 0 aromatic heterocycles. The minimum atomic E-state index is -0.602. The van der Waals surface area contributed by atoms with E-state index in [0.717, 1.165) is 33.8 Å². The van der Waals surface area contributed by atoms with E-state index in [0.29, 0.717) is 39.5 Å². The van der Waals surface area contributed by atoms with Crippen LogP contribution >= 0.6 is 0 Å². The second-order valence-electron chi connectivity index (χ2n) is 8.17. The van der Waals surface area contributed by atoms with Crippen molar-refractivity contribution in [2.24, 2.45) is 0 Å². The molecule has 1 aliphatic heterocycles. The van der Waals surface area contributed by atoms with E-state index in [4.69, 9.17) is 23.7 Å². The van der Waals surface area contributed by atoms with Crippen LogP contribution in [-0.4, -0.2) is 38.5 Å². The second kappa shape index (κ2) is 12.4. The number of esters is 1. The molecule has 0 bridgehead atoms. The first-order chi connectivity index (χ1) is 17.2. The van der Waals surface area contributed by atoms with Gasteiger partial charge >= 0.3 is 5.97 Å². The summed E-state index contributed by atoms with van der Waals surface area (Å²) in [5, 5.41) is 0. The number of carbonyl (C=O) groups is 1. The third-order valence-electron chi connectivity index (χ3n) is 5.82. The van der Waals surface area contributed by atoms with Crippen molar-refractivity contribution in [3.05, 3.63) is 95.1 Å². The summed E-state index contributed by atoms with van der Waals surface area (Å²) in [4.78, 5) is 12.1. The van der Waals surface area contributed by atoms with Gasteiger partial charge in [-0.05, 0) is 48.7 Å². The lowest BCUT2D eigenvalue weighted by Crippen LogP contribution is -2.28. The molecule has 0 saturated heterocycles. The Morgan fingerprint density at radius 2 is 1.66 bits per heavy atom. The molecule has 3 aromatic rings. The van der Waals surface area contributed by atoms with Crippen molar-refractivity contribution in [2.75, 3.05) is 26.4 Å². The molecule has 6 heteroatoms. The fourth-order valence-corrected chi connectivity index (χ4v) is 4.16. The molecule has 0 saturated carbocycles. The summed E-state index contributed by atoms with van der Waals surface area (Å²) >= 11 is 0. The van der Waals surface area contributed by atoms with Crippen LogP contribution < -0.4 is 9.47 Å². The predicted octanol–water partition coefficient (Wildman–Crippen LogP) is 5.27. The monoisotopic (exact) mass is 476 g/mol. The van der Waals surface area contributed by atoms with Gasteiger partial charge in [-0.15, -0.1) is 0 Å². The molecule has 6 nitrogen and oxygen atoms in total. The molecule has 0 spiro atoms. The van der Waals surface area contributed by atoms with E-state index in [1.807, 2.05) is 67.6 Å². The molecule has 0 radical (unpaired) electrons. The fraction of sp³-hybridized carbons (Fsp3) is 0.345. The Morgan fingerprint density at radius 1 is 0.914 bits per heavy atom. The largest absolute Gasteiger partial charge is 0.491 e. The summed E-state index contributed by atoms with van der Waals surface area (Å²) < 4.78 is 28.9. The number of carbonyl (C=O) groups excluding carboxylic acids is 1. The molecule has 0 fully saturated rings. The Balaban J connectivity index is 1.34. The lowest BCUT2D eigenvalue weighted by Gasteiger charge is -2.20. The van der Waals surface area contributed by atoms with Crippen molar-refractivity contribution < 1.29 is 28.5 Å². The van der Waals surface area contributed by atoms with Crippen molar-refractivity contribution in [2.45, 2.75) is 39.1 Å². The molecule has 184 valence electrons. The van der Waals surface area contributed by atoms with Gasteiger partial charge < -0.3 is 23.7 Å². The van der Waals surface area contributed by atoms with Crippen molar-refractivity contribution >= 4 is 5.97 Å². The molecular formula is C29H32O6. The third kappa shape index (κ3) is 6.41. The number of fused-ring (bicyclic) bond motifs is 2. The molecule has 2 unspecified atom stereocenters. The van der Waals surface area contributed by atoms with Crippen LogP contribution in [-0.2, 0) is 32.0 Å². The summed E-state index contributed by atoms with van der Waals surface area (Å²) in [6.45, 7) is 5.80. The maximum atomic E-state index is 12.1. The first-order valence-corrected chi connectivity index (χ1v) is 12.1. The van der Waals surface area contributed by atoms with Crippen molar-refractivity contribution in [3.63, 3.8) is 0 Å². The van der Waals surface area contributed by atoms with Gasteiger partial charge in [0.05, 0.1) is 13.2 Å². The van der Waals surface area contributed by atoms with Crippen LogP contribution in [0.15, 0.2) is 72.8 Å². The number of benzene rings is 3. The number of hydrogen-bond acceptors (Lipinski definition) is 6. The first kappa shape index (κ1) is 24.8. The summed E-state index contributed by atoms with van der Waals surface area (Å²) in [5.41, 5.74) is 4.24. The Bertz CT molecular complexity index is 1050. The van der Waals surface area contributed by atoms with Gasteiger partial charge in [0.1, 0.15) is 30.8 Å². The predicted molar refractivity (Wildman–Crippen MR) is 133 cm³/mol. The second-order valence-corrected chi connectivity index (χ2v) is 8.17. The van der Waals surface area contributed by atoms with Gasteiger partial charge in [-0.1, -0.05) is 54.6 Å². The molecule has 35 heavy (non-hydrogen) atoms. The van der Waals surface area contributed by atoms with E-state index in [2.05, 4.69) is 12.1 Å². The van der Waals surface area contributed by atoms with E-state index >= 15 is 0 Å². The Hall–Kier alpha value is -3.35. The van der Waals surface area contributed by atoms with Crippen LogP contribution in [0.5, 0.6) is 11.5 Å². The van der Waals surface area contributed by atoms with Crippen LogP contribution in [0.25, 0.3) is 0 Å². The van der Waals surface area contributed by atoms with E-state index in [1.54, 1.807) is 6.92 Å². The highest BCUT2D eigenvalue weighted by atomic mass is 16.6. The zero-order valence-electron chi connectivity index (χ0n) is 20.3. The summed E-state index contributed by atoms with van der Waals surface area (Å²) in [6.07, 6.45) is -0.359. The Kier molecular flexibility index (Phi) is 8.76. The van der Waals surface area contributed by atoms with Gasteiger partial charge in [-0.2, -0.15) is 0 Å². The summed E-state index contributed by atoms with van der Waals surface area (Å²) in [7, 11) is 0. The average molecular weight is 477 g/mol. The van der Waals surface area contributed by atoms with Crippen LogP contribution in [0.4, 0.5) is 0 Å². The lowest BCUT2D eigenvalue weighted by molar-refractivity contribution is -0.156. The van der Waals surface area contributed by atoms with E-state index < -0.39 is 6.10 Å². The third-order valence-corrected chi connectivity index (χ3v) is 5.82. The minimum Gasteiger partial charge on any atom is -0.491 e. The molecule has 0 N–H and O–H groups in total. The highest BCUT2D eigenvalue weighted by Gasteiger charge is 2.25. The van der Waals surface area contributed by atoms with E-state index in [9.17, 15) is 4.79 Å². The van der Waals surface area contributed by atoms with E-state index in [-0.39, 0.29) is 12.1 Å². The van der Waals surface area contributed by atoms with Crippen molar-refractivity contribution in [1.82, 2.24) is 0 Å². The molecule has 0 aliphatic carbocycles. The number of ether oxygens (including phenoxy) is 5. The molecule has 4 rings (SSSR count). The van der Waals surface area contributed by atoms with Crippen LogP contribution in [0.2, 0.25) is 0 Å². The van der Waals surface area contributed by atoms with Crippen molar-refractivity contribution in [3.8, 4) is 11.5 Å². The standard InChI is InChI=1S/C29H32O6/c1-3-31-27(29(30)32-4-2)19-21-13-15-23(16-14-21)33-17-18-34-28-24-10-6-5-9-22(24)20-35-26-12-8-7-11-25(26)28/h5-16,27-28H,3-4,17-20H2,1-2H3. The summed E-state index contributed by atoms with van der Waals surface area (Å²) in [5.74, 6) is 1.25. The molecule has 0 amide bonds. The van der Waals surface area contributed by atoms with Crippen molar-refractivity contribution in [1.29, 1.82) is 0 Å². The van der Waals surface area contributed by atoms with Gasteiger partial charge in [0.2, 0.25) is 0 Å². The molecule has 2 atom stereocenters. The Labute approximate surface area is 206 Å². The number of rotatable bonds is 11. The quantitative estimate of drug-likeness (QED) is 0.277. The van der Waals surface area contributed by atoms with Gasteiger partial charge in [-0.25, -0.2) is 4.79 Å². The first-order valence-electron chi connectivity index (χ1n) is 12.1. The maximum Gasteiger partial charge on any atom is 0.335 e. The highest BCUT2D eigenvalue weighted by Crippen LogP contribution is 2.37. The van der Waals surface area contributed by atoms with Gasteiger partial charge in [-0.3, -0.25) is 0 Å². The molecule has 3 aromatic carbocycles. The maximum absolute atomic E-state index is 12.1. The topological polar surface area (TPSA) is 63.2 Å². The number of hydrogen-bond donors (Lipinski definition) is 0. The molecular weight excluding hydrogens is 444 g/mol. The lowest BCUT2D eigenvalue weighted by atomic mass is 9.97. The molecule has 1 heterocycles. The summed E-state index contributed by atoms with van der Waals surface area (Å²) in [6, 6.07) is 23.9. The van der Waals surface area contributed by atoms with Crippen LogP contribution in [0.3, 0.4) is 0 Å². The van der Waals surface area contributed by atoms with Gasteiger partial charge in [0, 0.05) is 18.6 Å². The zero-order chi connectivity index (χ0) is 24.5. The highest BCUT2D eigenvalue weighted by molar-refractivity contribution is 5.75. The SMILES string of the molecule is CCOC(=O)C(Cc1ccc(OCCOC2c3ccccc3COc3ccccc32)cc1)OCC. The van der Waals surface area contributed by atoms with E-state index in [1.165, 1.54) is 0 Å². The molecule has 1 aliphatic rings. The fourth-order valence-electron chi connectivity index (χ4n) is 4.16. The van der Waals surface area contributed by atoms with Gasteiger partial charge in [0.25, 0.3) is 0 Å². The Morgan fingerprint density at radius 3 is 2.43 bits per heavy atom. The van der Waals surface area contributed by atoms with Crippen LogP contribution in [0.1, 0.15) is 42.2 Å². The normalized spacial score (nSPS) is 15.2. The smallest absolute Gasteiger partial charge is 0.335 e. The average Bonchev–Trinajstić information content (AvgIpc) is 3.04. The number of para-hydroxylation sites is 1. The minimum absolute atomic E-state index is 0.214. The zero-order valence-corrected chi connectivity index (χ0v) is 20.3.